The molecule has 6 heteroatoms. The van der Waals surface area contributed by atoms with Crippen LogP contribution in [0.1, 0.15) is 42.9 Å². The van der Waals surface area contributed by atoms with Crippen molar-refractivity contribution in [2.75, 3.05) is 23.8 Å². The maximum absolute atomic E-state index is 13.3. The third-order valence-electron chi connectivity index (χ3n) is 6.34. The summed E-state index contributed by atoms with van der Waals surface area (Å²) >= 11 is 6.14. The number of anilines is 1. The average molecular weight is 461 g/mol. The van der Waals surface area contributed by atoms with E-state index in [4.69, 9.17) is 16.3 Å². The van der Waals surface area contributed by atoms with E-state index in [1.807, 2.05) is 63.2 Å². The van der Waals surface area contributed by atoms with E-state index in [0.29, 0.717) is 11.2 Å². The van der Waals surface area contributed by atoms with Crippen molar-refractivity contribution in [3.63, 3.8) is 0 Å². The Bertz CT molecular complexity index is 903. The van der Waals surface area contributed by atoms with Crippen LogP contribution in [0.15, 0.2) is 42.5 Å². The van der Waals surface area contributed by atoms with Crippen LogP contribution >= 0.6 is 18.9 Å². The van der Waals surface area contributed by atoms with E-state index >= 15 is 0 Å². The molecule has 1 atom stereocenters. The molecule has 0 spiro atoms. The zero-order chi connectivity index (χ0) is 22.4. The summed E-state index contributed by atoms with van der Waals surface area (Å²) in [7, 11) is -1.80. The van der Waals surface area contributed by atoms with E-state index in [0.717, 1.165) is 47.5 Å². The van der Waals surface area contributed by atoms with Crippen LogP contribution in [0.4, 0.5) is 5.69 Å². The zero-order valence-electron chi connectivity index (χ0n) is 18.6. The molecule has 1 unspecified atom stereocenters. The number of hydrogen-bond donors (Lipinski definition) is 1. The second kappa shape index (κ2) is 10.6. The van der Waals surface area contributed by atoms with Crippen molar-refractivity contribution in [2.45, 2.75) is 52.3 Å². The molecule has 4 nitrogen and oxygen atoms in total. The summed E-state index contributed by atoms with van der Waals surface area (Å²) in [4.78, 5) is 26.1. The summed E-state index contributed by atoms with van der Waals surface area (Å²) in [5, 5.41) is 3.80. The van der Waals surface area contributed by atoms with Crippen LogP contribution in [0, 0.1) is 13.8 Å². The molecular formula is C25H32ClNO3P+. The number of aryl methyl sites for hydroxylation is 2. The Morgan fingerprint density at radius 3 is 2.29 bits per heavy atom. The highest BCUT2D eigenvalue weighted by Crippen LogP contribution is 2.66. The molecular weight excluding hydrogens is 429 g/mol. The van der Waals surface area contributed by atoms with E-state index in [1.165, 1.54) is 6.42 Å². The van der Waals surface area contributed by atoms with Gasteiger partial charge in [0.25, 0.3) is 5.91 Å². The van der Waals surface area contributed by atoms with E-state index in [1.54, 1.807) is 0 Å². The van der Waals surface area contributed by atoms with E-state index in [-0.39, 0.29) is 24.1 Å². The third-order valence-corrected chi connectivity index (χ3v) is 11.7. The lowest BCUT2D eigenvalue weighted by atomic mass is 10.1. The number of halogens is 1. The lowest BCUT2D eigenvalue weighted by molar-refractivity contribution is -0.141. The molecule has 1 fully saturated rings. The normalized spacial score (nSPS) is 16.4. The van der Waals surface area contributed by atoms with E-state index < -0.39 is 7.26 Å². The fraction of sp³-hybridized carbons (Fsp3) is 0.440. The lowest BCUT2D eigenvalue weighted by Gasteiger charge is -2.34. The molecule has 0 saturated carbocycles. The Kier molecular flexibility index (Phi) is 8.13. The molecule has 1 N–H and O–H groups in total. The largest absolute Gasteiger partial charge is 0.458 e. The first kappa shape index (κ1) is 23.8. The quantitative estimate of drug-likeness (QED) is 0.393. The van der Waals surface area contributed by atoms with Crippen LogP contribution in [0.25, 0.3) is 0 Å². The van der Waals surface area contributed by atoms with Crippen LogP contribution < -0.4 is 5.32 Å². The topological polar surface area (TPSA) is 55.4 Å². The number of benzene rings is 2. The summed E-state index contributed by atoms with van der Waals surface area (Å²) in [5.41, 5.74) is 3.51. The first-order valence-electron chi connectivity index (χ1n) is 10.9. The fourth-order valence-electron chi connectivity index (χ4n) is 4.45. The van der Waals surface area contributed by atoms with E-state index in [9.17, 15) is 9.59 Å². The van der Waals surface area contributed by atoms with Gasteiger partial charge in [-0.15, -0.1) is 0 Å². The molecule has 2 aromatic rings. The maximum Gasteiger partial charge on any atom is 0.344 e. The monoisotopic (exact) mass is 460 g/mol. The minimum Gasteiger partial charge on any atom is -0.458 e. The summed E-state index contributed by atoms with van der Waals surface area (Å²) < 4.78 is 5.60. The summed E-state index contributed by atoms with van der Waals surface area (Å²) in [5.74, 6) is -0.183. The standard InChI is InChI=1S/C25H31ClNO3P/c1-18-14-22(26)15-19(2)24(18)27-25(29)20(3)31(12-8-5-9-13-31)17-23(28)30-16-21-10-6-4-7-11-21/h4,6-7,10-11,14-15,20H,5,8-9,12-13,16-17H2,1-3H3/p+1. The summed E-state index contributed by atoms with van der Waals surface area (Å²) in [6, 6.07) is 13.4. The number of rotatable bonds is 7. The molecule has 1 aliphatic rings. The number of carbonyl (C=O) groups excluding carboxylic acids is 2. The fourth-order valence-corrected chi connectivity index (χ4v) is 9.24. The molecule has 1 heterocycles. The highest BCUT2D eigenvalue weighted by Gasteiger charge is 2.49. The van der Waals surface area contributed by atoms with Gasteiger partial charge >= 0.3 is 5.97 Å². The van der Waals surface area contributed by atoms with Crippen LogP contribution in [-0.2, 0) is 20.9 Å². The third kappa shape index (κ3) is 6.08. The van der Waals surface area contributed by atoms with Crippen LogP contribution in [0.3, 0.4) is 0 Å². The van der Waals surface area contributed by atoms with Gasteiger partial charge in [0.1, 0.15) is 12.3 Å². The van der Waals surface area contributed by atoms with Gasteiger partial charge in [-0.25, -0.2) is 4.79 Å². The van der Waals surface area contributed by atoms with Gasteiger partial charge in [-0.3, -0.25) is 4.79 Å². The lowest BCUT2D eigenvalue weighted by Crippen LogP contribution is -2.35. The first-order valence-corrected chi connectivity index (χ1v) is 13.7. The highest BCUT2D eigenvalue weighted by atomic mass is 35.5. The smallest absolute Gasteiger partial charge is 0.344 e. The van der Waals surface area contributed by atoms with Gasteiger partial charge in [-0.2, -0.15) is 0 Å². The number of ether oxygens (including phenoxy) is 1. The van der Waals surface area contributed by atoms with Gasteiger partial charge in [-0.05, 0) is 68.9 Å². The van der Waals surface area contributed by atoms with Gasteiger partial charge in [-0.1, -0.05) is 41.9 Å². The predicted molar refractivity (Wildman–Crippen MR) is 131 cm³/mol. The second-order valence-corrected chi connectivity index (χ2v) is 13.5. The Hall–Kier alpha value is -1.90. The van der Waals surface area contributed by atoms with Gasteiger partial charge in [0.2, 0.25) is 0 Å². The summed E-state index contributed by atoms with van der Waals surface area (Å²) in [6.07, 6.45) is 5.66. The van der Waals surface area contributed by atoms with E-state index in [2.05, 4.69) is 5.32 Å². The molecule has 0 radical (unpaired) electrons. The van der Waals surface area contributed by atoms with Crippen molar-refractivity contribution in [2.24, 2.45) is 0 Å². The van der Waals surface area contributed by atoms with Crippen molar-refractivity contribution in [1.29, 1.82) is 0 Å². The van der Waals surface area contributed by atoms with Crippen molar-refractivity contribution in [1.82, 2.24) is 0 Å². The molecule has 0 aromatic heterocycles. The summed E-state index contributed by atoms with van der Waals surface area (Å²) in [6.45, 7) is 6.18. The molecule has 0 bridgehead atoms. The Morgan fingerprint density at radius 2 is 1.68 bits per heavy atom. The van der Waals surface area contributed by atoms with Gasteiger partial charge in [0.15, 0.2) is 6.16 Å². The predicted octanol–water partition coefficient (Wildman–Crippen LogP) is 6.23. The Morgan fingerprint density at radius 1 is 1.06 bits per heavy atom. The van der Waals surface area contributed by atoms with Gasteiger partial charge in [0.05, 0.1) is 12.3 Å². The SMILES string of the molecule is Cc1cc(Cl)cc(C)c1NC(=O)C(C)[P+]1(CC(=O)OCc2ccccc2)CCCCC1. The number of hydrogen-bond acceptors (Lipinski definition) is 3. The maximum atomic E-state index is 13.3. The number of nitrogens with one attached hydrogen (secondary N) is 1. The number of amides is 1. The minimum atomic E-state index is -1.80. The average Bonchev–Trinajstić information content (AvgIpc) is 2.75. The van der Waals surface area contributed by atoms with Crippen molar-refractivity contribution < 1.29 is 14.3 Å². The molecule has 0 aliphatic carbocycles. The van der Waals surface area contributed by atoms with Crippen molar-refractivity contribution >= 4 is 36.4 Å². The zero-order valence-corrected chi connectivity index (χ0v) is 20.3. The second-order valence-electron chi connectivity index (χ2n) is 8.61. The van der Waals surface area contributed by atoms with Gasteiger partial charge in [0, 0.05) is 18.0 Å². The van der Waals surface area contributed by atoms with Crippen LogP contribution in [0.5, 0.6) is 0 Å². The molecule has 31 heavy (non-hydrogen) atoms. The molecule has 1 aliphatic heterocycles. The molecule has 3 rings (SSSR count). The van der Waals surface area contributed by atoms with Crippen molar-refractivity contribution in [3.05, 3.63) is 64.2 Å². The van der Waals surface area contributed by atoms with Crippen molar-refractivity contribution in [3.8, 4) is 0 Å². The molecule has 166 valence electrons. The highest BCUT2D eigenvalue weighted by molar-refractivity contribution is 7.78. The Labute approximate surface area is 191 Å². The molecule has 1 amide bonds. The van der Waals surface area contributed by atoms with Gasteiger partial charge < -0.3 is 10.1 Å². The first-order chi connectivity index (χ1) is 14.8. The molecule has 2 aromatic carbocycles. The molecule has 1 saturated heterocycles. The van der Waals surface area contributed by atoms with Crippen LogP contribution in [0.2, 0.25) is 5.02 Å². The number of esters is 1. The van der Waals surface area contributed by atoms with Crippen LogP contribution in [-0.4, -0.2) is 36.0 Å². The Balaban J connectivity index is 1.71. The minimum absolute atomic E-state index is 0.000356. The number of carbonyl (C=O) groups is 2.